The summed E-state index contributed by atoms with van der Waals surface area (Å²) >= 11 is 0. The highest BCUT2D eigenvalue weighted by Gasteiger charge is 2.30. The zero-order valence-corrected chi connectivity index (χ0v) is 21.5. The number of aromatic nitrogens is 1. The Bertz CT molecular complexity index is 1260. The van der Waals surface area contributed by atoms with Gasteiger partial charge in [0.25, 0.3) is 0 Å². The molecular formula is C27H36N4O3S. The number of nitrogens with zero attached hydrogens (tertiary/aromatic N) is 2. The minimum Gasteiger partial charge on any atom is -0.369 e. The van der Waals surface area contributed by atoms with Gasteiger partial charge in [0.2, 0.25) is 15.9 Å². The van der Waals surface area contributed by atoms with Crippen molar-refractivity contribution in [1.82, 2.24) is 14.2 Å². The Hall–Kier alpha value is -2.68. The van der Waals surface area contributed by atoms with Gasteiger partial charge in [-0.05, 0) is 66.2 Å². The van der Waals surface area contributed by atoms with Crippen molar-refractivity contribution >= 4 is 26.8 Å². The Morgan fingerprint density at radius 1 is 1.09 bits per heavy atom. The zero-order chi connectivity index (χ0) is 25.0. The monoisotopic (exact) mass is 496 g/mol. The largest absolute Gasteiger partial charge is 0.369 e. The molecule has 0 unspecified atom stereocenters. The van der Waals surface area contributed by atoms with E-state index in [2.05, 4.69) is 41.9 Å². The second-order valence-corrected chi connectivity index (χ2v) is 11.4. The van der Waals surface area contributed by atoms with Crippen LogP contribution in [0.5, 0.6) is 0 Å². The molecular weight excluding hydrogens is 460 g/mol. The van der Waals surface area contributed by atoms with Gasteiger partial charge in [0.15, 0.2) is 0 Å². The van der Waals surface area contributed by atoms with Gasteiger partial charge in [-0.3, -0.25) is 4.79 Å². The first kappa shape index (κ1) is 25.4. The predicted octanol–water partition coefficient (Wildman–Crippen LogP) is 3.71. The van der Waals surface area contributed by atoms with Gasteiger partial charge in [0.05, 0.1) is 12.2 Å². The van der Waals surface area contributed by atoms with Gasteiger partial charge in [0.1, 0.15) is 0 Å². The maximum absolute atomic E-state index is 12.9. The average Bonchev–Trinajstić information content (AvgIpc) is 3.29. The van der Waals surface area contributed by atoms with E-state index in [1.165, 1.54) is 5.56 Å². The van der Waals surface area contributed by atoms with E-state index in [-0.39, 0.29) is 24.0 Å². The fourth-order valence-electron chi connectivity index (χ4n) is 5.15. The third kappa shape index (κ3) is 5.77. The Morgan fingerprint density at radius 3 is 2.40 bits per heavy atom. The molecule has 3 aromatic rings. The van der Waals surface area contributed by atoms with Gasteiger partial charge in [0, 0.05) is 36.7 Å². The number of nitrogens with two attached hydrogens (primary N) is 1. The summed E-state index contributed by atoms with van der Waals surface area (Å²) in [6, 6.07) is 14.3. The SMILES string of the molecule is CCN(CC)CCS(=O)(=O)N1CCC(c2c[nH]c3c(CC(N)=O)cc(-c4ccccc4)cc23)CC1. The number of carbonyl (C=O) groups is 1. The van der Waals surface area contributed by atoms with Crippen molar-refractivity contribution in [1.29, 1.82) is 0 Å². The van der Waals surface area contributed by atoms with Crippen molar-refractivity contribution in [3.8, 4) is 11.1 Å². The summed E-state index contributed by atoms with van der Waals surface area (Å²) in [5, 5.41) is 1.09. The first-order valence-corrected chi connectivity index (χ1v) is 14.1. The Morgan fingerprint density at radius 2 is 1.77 bits per heavy atom. The number of carbonyl (C=O) groups excluding carboxylic acids is 1. The van der Waals surface area contributed by atoms with Crippen LogP contribution in [0.25, 0.3) is 22.0 Å². The van der Waals surface area contributed by atoms with Gasteiger partial charge in [-0.25, -0.2) is 12.7 Å². The van der Waals surface area contributed by atoms with Crippen LogP contribution in [-0.2, 0) is 21.2 Å². The number of primary amides is 1. The summed E-state index contributed by atoms with van der Waals surface area (Å²) < 4.78 is 27.5. The lowest BCUT2D eigenvalue weighted by atomic mass is 9.88. The van der Waals surface area contributed by atoms with Crippen LogP contribution in [0.15, 0.2) is 48.7 Å². The molecule has 0 atom stereocenters. The van der Waals surface area contributed by atoms with E-state index in [9.17, 15) is 13.2 Å². The first-order valence-electron chi connectivity index (χ1n) is 12.5. The molecule has 4 rings (SSSR count). The highest BCUT2D eigenvalue weighted by molar-refractivity contribution is 7.89. The second-order valence-electron chi connectivity index (χ2n) is 9.33. The van der Waals surface area contributed by atoms with Crippen LogP contribution in [0, 0.1) is 0 Å². The van der Waals surface area contributed by atoms with Gasteiger partial charge < -0.3 is 15.6 Å². The van der Waals surface area contributed by atoms with E-state index < -0.39 is 10.0 Å². The van der Waals surface area contributed by atoms with E-state index in [0.29, 0.717) is 19.6 Å². The number of piperidine rings is 1. The number of benzene rings is 2. The number of rotatable bonds is 10. The number of hydrogen-bond acceptors (Lipinski definition) is 4. The van der Waals surface area contributed by atoms with E-state index in [1.54, 1.807) is 4.31 Å². The van der Waals surface area contributed by atoms with Crippen LogP contribution in [0.3, 0.4) is 0 Å². The van der Waals surface area contributed by atoms with Crippen molar-refractivity contribution in [2.75, 3.05) is 38.5 Å². The molecule has 188 valence electrons. The molecule has 2 aromatic carbocycles. The minimum atomic E-state index is -3.26. The summed E-state index contributed by atoms with van der Waals surface area (Å²) in [5.41, 5.74) is 10.7. The minimum absolute atomic E-state index is 0.167. The third-order valence-electron chi connectivity index (χ3n) is 7.22. The topological polar surface area (TPSA) is 99.5 Å². The molecule has 8 heteroatoms. The summed E-state index contributed by atoms with van der Waals surface area (Å²) in [4.78, 5) is 17.3. The molecule has 1 aliphatic heterocycles. The highest BCUT2D eigenvalue weighted by Crippen LogP contribution is 2.37. The Labute approximate surface area is 208 Å². The van der Waals surface area contributed by atoms with Gasteiger partial charge in [-0.15, -0.1) is 0 Å². The van der Waals surface area contributed by atoms with Crippen molar-refractivity contribution in [3.05, 3.63) is 59.8 Å². The van der Waals surface area contributed by atoms with Gasteiger partial charge in [-0.2, -0.15) is 0 Å². The molecule has 0 bridgehead atoms. The zero-order valence-electron chi connectivity index (χ0n) is 20.7. The fourth-order valence-corrected chi connectivity index (χ4v) is 6.66. The molecule has 0 aliphatic carbocycles. The fraction of sp³-hybridized carbons (Fsp3) is 0.444. The third-order valence-corrected chi connectivity index (χ3v) is 9.07. The molecule has 1 saturated heterocycles. The van der Waals surface area contributed by atoms with Crippen LogP contribution in [0.2, 0.25) is 0 Å². The Balaban J connectivity index is 1.56. The maximum Gasteiger partial charge on any atom is 0.221 e. The molecule has 7 nitrogen and oxygen atoms in total. The van der Waals surface area contributed by atoms with Crippen molar-refractivity contribution in [2.24, 2.45) is 5.73 Å². The van der Waals surface area contributed by atoms with E-state index in [1.807, 2.05) is 30.5 Å². The van der Waals surface area contributed by atoms with Crippen LogP contribution < -0.4 is 5.73 Å². The number of H-pyrrole nitrogens is 1. The molecule has 0 spiro atoms. The Kier molecular flexibility index (Phi) is 7.94. The standard InChI is InChI=1S/C27H36N4O3S/c1-3-30(4-2)14-15-35(33,34)31-12-10-21(11-13-31)25-19-29-27-23(18-26(28)32)16-22(17-24(25)27)20-8-6-5-7-9-20/h5-9,16-17,19,21,29H,3-4,10-15,18H2,1-2H3,(H2,28,32). The number of nitrogens with one attached hydrogen (secondary N) is 1. The highest BCUT2D eigenvalue weighted by atomic mass is 32.2. The van der Waals surface area contributed by atoms with E-state index in [0.717, 1.165) is 53.5 Å². The molecule has 1 amide bonds. The van der Waals surface area contributed by atoms with Crippen LogP contribution in [0.4, 0.5) is 0 Å². The molecule has 1 fully saturated rings. The average molecular weight is 497 g/mol. The predicted molar refractivity (Wildman–Crippen MR) is 142 cm³/mol. The number of amides is 1. The summed E-state index contributed by atoms with van der Waals surface area (Å²) in [5.74, 6) is 0.0601. The smallest absolute Gasteiger partial charge is 0.221 e. The summed E-state index contributed by atoms with van der Waals surface area (Å²) in [6.07, 6.45) is 3.75. The lowest BCUT2D eigenvalue weighted by Gasteiger charge is -2.32. The van der Waals surface area contributed by atoms with Crippen LogP contribution >= 0.6 is 0 Å². The molecule has 3 N–H and O–H groups in total. The number of sulfonamides is 1. The molecule has 35 heavy (non-hydrogen) atoms. The molecule has 0 saturated carbocycles. The molecule has 2 heterocycles. The molecule has 0 radical (unpaired) electrons. The normalized spacial score (nSPS) is 15.7. The molecule has 1 aromatic heterocycles. The summed E-state index contributed by atoms with van der Waals surface area (Å²) in [6.45, 7) is 7.47. The van der Waals surface area contributed by atoms with Crippen LogP contribution in [0.1, 0.15) is 43.7 Å². The summed E-state index contributed by atoms with van der Waals surface area (Å²) in [7, 11) is -3.26. The lowest BCUT2D eigenvalue weighted by Crippen LogP contribution is -2.41. The van der Waals surface area contributed by atoms with Crippen molar-refractivity contribution in [3.63, 3.8) is 0 Å². The number of fused-ring (bicyclic) bond motifs is 1. The second kappa shape index (κ2) is 10.9. The molecule has 1 aliphatic rings. The van der Waals surface area contributed by atoms with E-state index in [4.69, 9.17) is 5.73 Å². The lowest BCUT2D eigenvalue weighted by molar-refractivity contribution is -0.117. The number of hydrogen-bond donors (Lipinski definition) is 2. The first-order chi connectivity index (χ1) is 16.8. The quantitative estimate of drug-likeness (QED) is 0.447. The maximum atomic E-state index is 12.9. The van der Waals surface area contributed by atoms with Crippen molar-refractivity contribution in [2.45, 2.75) is 39.0 Å². The van der Waals surface area contributed by atoms with Gasteiger partial charge >= 0.3 is 0 Å². The van der Waals surface area contributed by atoms with Crippen LogP contribution in [-0.4, -0.2) is 67.0 Å². The van der Waals surface area contributed by atoms with Gasteiger partial charge in [-0.1, -0.05) is 44.2 Å². The number of aromatic amines is 1. The van der Waals surface area contributed by atoms with E-state index >= 15 is 0 Å². The van der Waals surface area contributed by atoms with Crippen molar-refractivity contribution < 1.29 is 13.2 Å².